The van der Waals surface area contributed by atoms with Crippen LogP contribution in [0.1, 0.15) is 39.5 Å². The first kappa shape index (κ1) is 11.2. The molecule has 0 bridgehead atoms. The minimum Gasteiger partial charge on any atom is -0.307 e. The highest BCUT2D eigenvalue weighted by atomic mass is 79.9. The number of hydrogen-bond donors (Lipinski definition) is 0. The molecule has 0 radical (unpaired) electrons. The standard InChI is InChI=1S/C8H17.BrH.Mg/c1-4-6-7-8(3)5-2;;/h8H,1,4-7H2,2-3H3;1H;/q;;+1/p-1. The fraction of sp³-hybridized carbons (Fsp3) is 1.00. The predicted molar refractivity (Wildman–Crippen MR) is 52.8 cm³/mol. The predicted octanol–water partition coefficient (Wildman–Crippen LogP) is 3.64. The van der Waals surface area contributed by atoms with Gasteiger partial charge in [-0.25, -0.2) is 0 Å². The Morgan fingerprint density at radius 1 is 1.40 bits per heavy atom. The van der Waals surface area contributed by atoms with Crippen molar-refractivity contribution < 1.29 is 0 Å². The molecular weight excluding hydrogens is 200 g/mol. The molecule has 0 aliphatic heterocycles. The van der Waals surface area contributed by atoms with E-state index in [0.717, 1.165) is 5.92 Å². The maximum absolute atomic E-state index is 3.57. The second-order valence-electron chi connectivity index (χ2n) is 3.05. The second-order valence-corrected chi connectivity index (χ2v) is 6.52. The van der Waals surface area contributed by atoms with Gasteiger partial charge in [-0.1, -0.05) is 39.5 Å². The SMILES string of the molecule is CCC(C)CCC[CH2][Mg][Br]. The van der Waals surface area contributed by atoms with Crippen LogP contribution < -0.4 is 0 Å². The smallest absolute Gasteiger partial charge is 0.307 e. The van der Waals surface area contributed by atoms with Crippen LogP contribution in [-0.2, 0) is 0 Å². The summed E-state index contributed by atoms with van der Waals surface area (Å²) < 4.78 is 1.48. The third kappa shape index (κ3) is 7.35. The van der Waals surface area contributed by atoms with Gasteiger partial charge in [0.2, 0.25) is 0 Å². The summed E-state index contributed by atoms with van der Waals surface area (Å²) in [6, 6.07) is 0. The fourth-order valence-corrected chi connectivity index (χ4v) is 2.70. The normalized spacial score (nSPS) is 12.7. The van der Waals surface area contributed by atoms with Crippen LogP contribution in [-0.4, -0.2) is 18.2 Å². The summed E-state index contributed by atoms with van der Waals surface area (Å²) >= 11 is 3.75. The zero-order valence-corrected chi connectivity index (χ0v) is 10.2. The minimum absolute atomic E-state index is 0.175. The van der Waals surface area contributed by atoms with Crippen molar-refractivity contribution in [2.75, 3.05) is 0 Å². The molecule has 0 aliphatic carbocycles. The number of hydrogen-bond acceptors (Lipinski definition) is 0. The summed E-state index contributed by atoms with van der Waals surface area (Å²) in [4.78, 5) is 0. The summed E-state index contributed by atoms with van der Waals surface area (Å²) in [5.41, 5.74) is 0. The largest absolute Gasteiger partial charge is 0.468 e. The van der Waals surface area contributed by atoms with Crippen LogP contribution in [0.25, 0.3) is 0 Å². The van der Waals surface area contributed by atoms with E-state index in [0.29, 0.717) is 0 Å². The van der Waals surface area contributed by atoms with Gasteiger partial charge in [0.1, 0.15) is 0 Å². The van der Waals surface area contributed by atoms with Crippen molar-refractivity contribution in [2.45, 2.75) is 44.1 Å². The fourth-order valence-electron chi connectivity index (χ4n) is 0.968. The van der Waals surface area contributed by atoms with E-state index in [1.165, 1.54) is 30.2 Å². The van der Waals surface area contributed by atoms with Gasteiger partial charge in [-0.05, 0) is 5.92 Å². The third-order valence-electron chi connectivity index (χ3n) is 2.03. The first-order chi connectivity index (χ1) is 4.81. The molecule has 0 saturated carbocycles. The van der Waals surface area contributed by atoms with Crippen LogP contribution in [0.15, 0.2) is 0 Å². The molecule has 0 aliphatic rings. The summed E-state index contributed by atoms with van der Waals surface area (Å²) in [5, 5.41) is 0. The molecule has 1 atom stereocenters. The molecular formula is C8H17BrMg. The highest BCUT2D eigenvalue weighted by Gasteiger charge is 1.97. The molecule has 0 fully saturated rings. The Labute approximate surface area is 80.7 Å². The monoisotopic (exact) mass is 216 g/mol. The molecule has 0 spiro atoms. The molecule has 0 aromatic rings. The van der Waals surface area contributed by atoms with Crippen molar-refractivity contribution in [3.8, 4) is 0 Å². The van der Waals surface area contributed by atoms with Crippen molar-refractivity contribution in [2.24, 2.45) is 5.92 Å². The van der Waals surface area contributed by atoms with Crippen LogP contribution >= 0.6 is 12.9 Å². The highest BCUT2D eigenvalue weighted by Crippen LogP contribution is 2.12. The lowest BCUT2D eigenvalue weighted by Crippen LogP contribution is -1.91. The Kier molecular flexibility index (Phi) is 9.38. The molecule has 0 aromatic carbocycles. The van der Waals surface area contributed by atoms with Gasteiger partial charge in [-0.3, -0.25) is 0 Å². The van der Waals surface area contributed by atoms with E-state index in [9.17, 15) is 0 Å². The summed E-state index contributed by atoms with van der Waals surface area (Å²) in [5.74, 6) is 0.956. The van der Waals surface area contributed by atoms with Gasteiger partial charge in [0.25, 0.3) is 0 Å². The maximum Gasteiger partial charge on any atom is 0.468 e. The summed E-state index contributed by atoms with van der Waals surface area (Å²) in [7, 11) is 0. The maximum atomic E-state index is 3.57. The van der Waals surface area contributed by atoms with E-state index in [-0.39, 0.29) is 18.2 Å². The van der Waals surface area contributed by atoms with Gasteiger partial charge in [0.15, 0.2) is 0 Å². The molecule has 0 aromatic heterocycles. The lowest BCUT2D eigenvalue weighted by Gasteiger charge is -2.06. The van der Waals surface area contributed by atoms with Crippen molar-refractivity contribution in [1.29, 1.82) is 0 Å². The van der Waals surface area contributed by atoms with Crippen LogP contribution in [0.3, 0.4) is 0 Å². The van der Waals surface area contributed by atoms with Crippen molar-refractivity contribution in [1.82, 2.24) is 0 Å². The van der Waals surface area contributed by atoms with E-state index < -0.39 is 0 Å². The quantitative estimate of drug-likeness (QED) is 0.471. The zero-order valence-electron chi connectivity index (χ0n) is 7.20. The Morgan fingerprint density at radius 2 is 2.10 bits per heavy atom. The lowest BCUT2D eigenvalue weighted by atomic mass is 10.0. The Morgan fingerprint density at radius 3 is 2.60 bits per heavy atom. The average Bonchev–Trinajstić information content (AvgIpc) is 1.98. The molecule has 2 heteroatoms. The molecule has 58 valence electrons. The first-order valence-electron chi connectivity index (χ1n) is 4.37. The van der Waals surface area contributed by atoms with E-state index >= 15 is 0 Å². The molecule has 0 saturated heterocycles. The van der Waals surface area contributed by atoms with Gasteiger partial charge in [-0.2, -0.15) is 0 Å². The Balaban J connectivity index is 2.89. The van der Waals surface area contributed by atoms with E-state index in [1.54, 1.807) is 0 Å². The molecule has 0 rings (SSSR count). The molecule has 0 heterocycles. The zero-order chi connectivity index (χ0) is 7.82. The Bertz CT molecular complexity index is 66.3. The molecule has 0 nitrogen and oxygen atoms in total. The van der Waals surface area contributed by atoms with E-state index in [2.05, 4.69) is 26.7 Å². The van der Waals surface area contributed by atoms with Gasteiger partial charge >= 0.3 is 18.2 Å². The van der Waals surface area contributed by atoms with E-state index in [1.807, 2.05) is 0 Å². The average molecular weight is 217 g/mol. The van der Waals surface area contributed by atoms with Gasteiger partial charge in [-0.15, -0.1) is 4.55 Å². The minimum atomic E-state index is 0.175. The molecule has 0 N–H and O–H groups in total. The van der Waals surface area contributed by atoms with Crippen LogP contribution in [0, 0.1) is 5.92 Å². The van der Waals surface area contributed by atoms with Crippen molar-refractivity contribution >= 4 is 31.1 Å². The van der Waals surface area contributed by atoms with Crippen LogP contribution in [0.5, 0.6) is 0 Å². The van der Waals surface area contributed by atoms with Crippen LogP contribution in [0.2, 0.25) is 4.55 Å². The summed E-state index contributed by atoms with van der Waals surface area (Å²) in [6.45, 7) is 4.63. The highest BCUT2D eigenvalue weighted by molar-refractivity contribution is 9.23. The molecule has 10 heavy (non-hydrogen) atoms. The van der Waals surface area contributed by atoms with Crippen molar-refractivity contribution in [3.63, 3.8) is 0 Å². The molecule has 1 unspecified atom stereocenters. The number of halogens is 1. The van der Waals surface area contributed by atoms with E-state index in [4.69, 9.17) is 0 Å². The second kappa shape index (κ2) is 8.34. The third-order valence-corrected chi connectivity index (χ3v) is 4.48. The number of unbranched alkanes of at least 4 members (excludes halogenated alkanes) is 1. The van der Waals surface area contributed by atoms with Crippen molar-refractivity contribution in [3.05, 3.63) is 0 Å². The Hall–Kier alpha value is 1.25. The van der Waals surface area contributed by atoms with Crippen LogP contribution in [0.4, 0.5) is 0 Å². The number of rotatable bonds is 6. The lowest BCUT2D eigenvalue weighted by molar-refractivity contribution is 0.492. The topological polar surface area (TPSA) is 0 Å². The first-order valence-corrected chi connectivity index (χ1v) is 9.27. The molecule has 0 amide bonds. The van der Waals surface area contributed by atoms with Gasteiger partial charge in [0.05, 0.1) is 0 Å². The van der Waals surface area contributed by atoms with Gasteiger partial charge in [0, 0.05) is 0 Å². The van der Waals surface area contributed by atoms with Gasteiger partial charge < -0.3 is 12.9 Å². The summed E-state index contributed by atoms with van der Waals surface area (Å²) in [6.07, 6.45) is 5.71.